The quantitative estimate of drug-likeness (QED) is 0.900. The van der Waals surface area contributed by atoms with E-state index in [0.717, 1.165) is 5.52 Å². The van der Waals surface area contributed by atoms with Crippen molar-refractivity contribution in [3.05, 3.63) is 36.3 Å². The first kappa shape index (κ1) is 11.6. The number of nitrogens with one attached hydrogen (secondary N) is 1. The van der Waals surface area contributed by atoms with Gasteiger partial charge in [0.05, 0.1) is 12.6 Å². The van der Waals surface area contributed by atoms with Gasteiger partial charge >= 0.3 is 0 Å². The lowest BCUT2D eigenvalue weighted by molar-refractivity contribution is 0.399. The predicted molar refractivity (Wildman–Crippen MR) is 70.7 cm³/mol. The van der Waals surface area contributed by atoms with Gasteiger partial charge in [-0.15, -0.1) is 0 Å². The summed E-state index contributed by atoms with van der Waals surface area (Å²) in [6.07, 6.45) is 5.14. The van der Waals surface area contributed by atoms with Crippen molar-refractivity contribution >= 4 is 22.7 Å². The summed E-state index contributed by atoms with van der Waals surface area (Å²) in [5.74, 6) is 0.688. The van der Waals surface area contributed by atoms with Gasteiger partial charge in [0.25, 0.3) is 0 Å². The SMILES string of the molecule is COc1ccc2[nH]c(C3=CN=C(F)CC=C3)nc2n1. The third-order valence-electron chi connectivity index (χ3n) is 2.73. The van der Waals surface area contributed by atoms with Crippen molar-refractivity contribution in [1.29, 1.82) is 0 Å². The van der Waals surface area contributed by atoms with Crippen LogP contribution in [0.1, 0.15) is 12.2 Å². The Morgan fingerprint density at radius 3 is 3.05 bits per heavy atom. The molecule has 5 nitrogen and oxygen atoms in total. The number of imidazole rings is 1. The Balaban J connectivity index is 2.06. The average Bonchev–Trinajstić information content (AvgIpc) is 2.73. The standard InChI is InChI=1S/C13H11FN4O/c1-19-11-6-5-9-13(17-11)18-12(16-9)8-3-2-4-10(14)15-7-8/h2-3,5-7H,4H2,1H3,(H,16,17,18). The van der Waals surface area contributed by atoms with E-state index in [1.807, 2.05) is 6.07 Å². The summed E-state index contributed by atoms with van der Waals surface area (Å²) in [7, 11) is 1.55. The first-order valence-electron chi connectivity index (χ1n) is 5.76. The molecule has 6 heteroatoms. The molecule has 0 atom stereocenters. The van der Waals surface area contributed by atoms with Gasteiger partial charge in [0.2, 0.25) is 5.88 Å². The summed E-state index contributed by atoms with van der Waals surface area (Å²) >= 11 is 0. The first-order valence-corrected chi connectivity index (χ1v) is 5.76. The van der Waals surface area contributed by atoms with E-state index in [2.05, 4.69) is 19.9 Å². The van der Waals surface area contributed by atoms with E-state index in [4.69, 9.17) is 4.74 Å². The van der Waals surface area contributed by atoms with Crippen LogP contribution in [0.3, 0.4) is 0 Å². The minimum Gasteiger partial charge on any atom is -0.481 e. The topological polar surface area (TPSA) is 63.2 Å². The number of halogens is 1. The molecular formula is C13H11FN4O. The zero-order valence-electron chi connectivity index (χ0n) is 10.2. The van der Waals surface area contributed by atoms with E-state index in [-0.39, 0.29) is 6.42 Å². The number of rotatable bonds is 2. The minimum atomic E-state index is -0.415. The lowest BCUT2D eigenvalue weighted by Gasteiger charge is -1.95. The summed E-state index contributed by atoms with van der Waals surface area (Å²) in [4.78, 5) is 15.4. The molecule has 1 aliphatic rings. The molecule has 0 amide bonds. The number of hydrogen-bond acceptors (Lipinski definition) is 4. The van der Waals surface area contributed by atoms with Crippen LogP contribution < -0.4 is 4.74 Å². The number of nitrogens with zero attached hydrogens (tertiary/aromatic N) is 3. The van der Waals surface area contributed by atoms with Gasteiger partial charge in [0.1, 0.15) is 5.82 Å². The van der Waals surface area contributed by atoms with Crippen LogP contribution in [0.4, 0.5) is 4.39 Å². The maximum atomic E-state index is 13.0. The molecule has 0 saturated heterocycles. The van der Waals surface area contributed by atoms with Gasteiger partial charge < -0.3 is 9.72 Å². The van der Waals surface area contributed by atoms with E-state index in [9.17, 15) is 4.39 Å². The van der Waals surface area contributed by atoms with Crippen LogP contribution >= 0.6 is 0 Å². The molecule has 0 fully saturated rings. The van der Waals surface area contributed by atoms with Crippen molar-refractivity contribution < 1.29 is 9.13 Å². The molecule has 2 aromatic heterocycles. The molecule has 3 rings (SSSR count). The van der Waals surface area contributed by atoms with Gasteiger partial charge in [-0.25, -0.2) is 9.98 Å². The molecule has 0 unspecified atom stereocenters. The molecule has 0 saturated carbocycles. The molecule has 0 bridgehead atoms. The van der Waals surface area contributed by atoms with Crippen molar-refractivity contribution in [3.8, 4) is 5.88 Å². The predicted octanol–water partition coefficient (Wildman–Crippen LogP) is 2.64. The van der Waals surface area contributed by atoms with Gasteiger partial charge in [0.15, 0.2) is 11.6 Å². The Morgan fingerprint density at radius 1 is 1.32 bits per heavy atom. The summed E-state index contributed by atoms with van der Waals surface area (Å²) in [6.45, 7) is 0. The fourth-order valence-electron chi connectivity index (χ4n) is 1.78. The van der Waals surface area contributed by atoms with Crippen molar-refractivity contribution in [1.82, 2.24) is 15.0 Å². The van der Waals surface area contributed by atoms with Gasteiger partial charge in [-0.05, 0) is 6.07 Å². The van der Waals surface area contributed by atoms with Crippen LogP contribution in [0.2, 0.25) is 0 Å². The number of aromatic amines is 1. The number of methoxy groups -OCH3 is 1. The molecule has 1 N–H and O–H groups in total. The second-order valence-corrected chi connectivity index (χ2v) is 4.01. The fraction of sp³-hybridized carbons (Fsp3) is 0.154. The summed E-state index contributed by atoms with van der Waals surface area (Å²) in [5, 5.41) is 0. The molecular weight excluding hydrogens is 247 g/mol. The molecule has 3 heterocycles. The molecule has 0 spiro atoms. The highest BCUT2D eigenvalue weighted by molar-refractivity contribution is 5.84. The maximum Gasteiger partial charge on any atom is 0.215 e. The maximum absolute atomic E-state index is 13.0. The van der Waals surface area contributed by atoms with Crippen LogP contribution in [0, 0.1) is 0 Å². The van der Waals surface area contributed by atoms with Crippen molar-refractivity contribution in [2.24, 2.45) is 4.99 Å². The molecule has 0 aliphatic carbocycles. The molecule has 0 radical (unpaired) electrons. The van der Waals surface area contributed by atoms with Crippen molar-refractivity contribution in [2.75, 3.05) is 7.11 Å². The Labute approximate surface area is 108 Å². The monoisotopic (exact) mass is 258 g/mol. The Kier molecular flexibility index (Phi) is 2.83. The van der Waals surface area contributed by atoms with E-state index in [1.165, 1.54) is 6.20 Å². The van der Waals surface area contributed by atoms with Gasteiger partial charge in [-0.2, -0.15) is 9.37 Å². The fourth-order valence-corrected chi connectivity index (χ4v) is 1.78. The summed E-state index contributed by atoms with van der Waals surface area (Å²) in [6, 6.07) is 3.59. The highest BCUT2D eigenvalue weighted by Crippen LogP contribution is 2.20. The van der Waals surface area contributed by atoms with Crippen LogP contribution in [0.25, 0.3) is 16.7 Å². The Bertz CT molecular complexity index is 715. The zero-order valence-corrected chi connectivity index (χ0v) is 10.2. The number of hydrogen-bond donors (Lipinski definition) is 1. The number of fused-ring (bicyclic) bond motifs is 1. The highest BCUT2D eigenvalue weighted by atomic mass is 19.1. The van der Waals surface area contributed by atoms with E-state index >= 15 is 0 Å². The van der Waals surface area contributed by atoms with E-state index in [0.29, 0.717) is 22.9 Å². The summed E-state index contributed by atoms with van der Waals surface area (Å²) < 4.78 is 18.1. The number of H-pyrrole nitrogens is 1. The second kappa shape index (κ2) is 4.64. The number of pyridine rings is 1. The van der Waals surface area contributed by atoms with Gasteiger partial charge in [-0.3, -0.25) is 0 Å². The Morgan fingerprint density at radius 2 is 2.21 bits per heavy atom. The zero-order chi connectivity index (χ0) is 13.2. The number of ether oxygens (including phenoxy) is 1. The van der Waals surface area contributed by atoms with E-state index in [1.54, 1.807) is 25.3 Å². The third kappa shape index (κ3) is 2.24. The normalized spacial score (nSPS) is 15.1. The third-order valence-corrected chi connectivity index (χ3v) is 2.73. The lowest BCUT2D eigenvalue weighted by atomic mass is 10.2. The first-order chi connectivity index (χ1) is 9.26. The molecule has 19 heavy (non-hydrogen) atoms. The lowest BCUT2D eigenvalue weighted by Crippen LogP contribution is -1.86. The minimum absolute atomic E-state index is 0.201. The average molecular weight is 258 g/mol. The smallest absolute Gasteiger partial charge is 0.215 e. The van der Waals surface area contributed by atoms with Gasteiger partial charge in [-0.1, -0.05) is 12.2 Å². The molecule has 0 aromatic carbocycles. The number of allylic oxidation sites excluding steroid dienone is 3. The molecule has 2 aromatic rings. The number of aromatic nitrogens is 3. The second-order valence-electron chi connectivity index (χ2n) is 4.01. The van der Waals surface area contributed by atoms with Gasteiger partial charge in [0, 0.05) is 24.3 Å². The van der Waals surface area contributed by atoms with E-state index < -0.39 is 5.97 Å². The van der Waals surface area contributed by atoms with Crippen LogP contribution in [0.5, 0.6) is 5.88 Å². The van der Waals surface area contributed by atoms with Crippen molar-refractivity contribution in [3.63, 3.8) is 0 Å². The number of aliphatic imine (C=N–C) groups is 1. The van der Waals surface area contributed by atoms with Crippen LogP contribution in [-0.4, -0.2) is 28.0 Å². The summed E-state index contributed by atoms with van der Waals surface area (Å²) in [5.41, 5.74) is 2.06. The van der Waals surface area contributed by atoms with Crippen molar-refractivity contribution in [2.45, 2.75) is 6.42 Å². The highest BCUT2D eigenvalue weighted by Gasteiger charge is 2.09. The largest absolute Gasteiger partial charge is 0.481 e. The Hall–Kier alpha value is -2.50. The van der Waals surface area contributed by atoms with Crippen LogP contribution in [0.15, 0.2) is 35.5 Å². The molecule has 96 valence electrons. The van der Waals surface area contributed by atoms with Crippen LogP contribution in [-0.2, 0) is 0 Å². The molecule has 1 aliphatic heterocycles.